The number of ether oxygens (including phenoxy) is 1. The number of rotatable bonds is 7. The molecule has 0 atom stereocenters. The number of fused-ring (bicyclic) bond motifs is 1. The van der Waals surface area contributed by atoms with Crippen LogP contribution in [0.1, 0.15) is 27.3 Å². The predicted molar refractivity (Wildman–Crippen MR) is 125 cm³/mol. The number of para-hydroxylation sites is 2. The Morgan fingerprint density at radius 3 is 2.94 bits per heavy atom. The molecule has 0 fully saturated rings. The number of benzene rings is 2. The van der Waals surface area contributed by atoms with Gasteiger partial charge in [0, 0.05) is 17.8 Å². The van der Waals surface area contributed by atoms with Gasteiger partial charge in [-0.05, 0) is 40.5 Å². The number of hydrazone groups is 1. The van der Waals surface area contributed by atoms with Crippen molar-refractivity contribution in [1.82, 2.24) is 30.7 Å². The van der Waals surface area contributed by atoms with Gasteiger partial charge in [0.2, 0.25) is 11.6 Å². The molecule has 3 heterocycles. The van der Waals surface area contributed by atoms with Gasteiger partial charge in [0.25, 0.3) is 5.91 Å². The molecule has 0 spiro atoms. The molecule has 13 nitrogen and oxygen atoms in total. The van der Waals surface area contributed by atoms with Gasteiger partial charge >= 0.3 is 0 Å². The van der Waals surface area contributed by atoms with Crippen molar-refractivity contribution in [3.05, 3.63) is 65.0 Å². The molecular formula is C22H21N9O4. The summed E-state index contributed by atoms with van der Waals surface area (Å²) >= 11 is 0. The lowest BCUT2D eigenvalue weighted by Gasteiger charge is -2.19. The van der Waals surface area contributed by atoms with E-state index in [1.54, 1.807) is 18.2 Å². The quantitative estimate of drug-likeness (QED) is 0.261. The molecule has 0 aliphatic carbocycles. The number of aromatic hydroxyl groups is 1. The molecule has 5 rings (SSSR count). The van der Waals surface area contributed by atoms with Crippen LogP contribution in [0, 0.1) is 0 Å². The van der Waals surface area contributed by atoms with E-state index in [0.29, 0.717) is 17.8 Å². The van der Waals surface area contributed by atoms with E-state index in [1.807, 2.05) is 18.2 Å². The number of hydrogen-bond donors (Lipinski definition) is 3. The first-order valence-corrected chi connectivity index (χ1v) is 10.6. The second-order valence-electron chi connectivity index (χ2n) is 7.67. The smallest absolute Gasteiger partial charge is 0.293 e. The number of phenolic OH excluding ortho intramolecular Hbond substituents is 1. The minimum Gasteiger partial charge on any atom is -0.504 e. The van der Waals surface area contributed by atoms with Gasteiger partial charge in [0.15, 0.2) is 17.2 Å². The lowest BCUT2D eigenvalue weighted by Crippen LogP contribution is -2.26. The summed E-state index contributed by atoms with van der Waals surface area (Å²) in [5, 5.41) is 29.7. The number of carbonyl (C=O) groups excluding carboxylic acids is 1. The van der Waals surface area contributed by atoms with Crippen LogP contribution in [0.3, 0.4) is 0 Å². The van der Waals surface area contributed by atoms with Gasteiger partial charge in [-0.3, -0.25) is 4.79 Å². The van der Waals surface area contributed by atoms with Crippen molar-refractivity contribution in [3.8, 4) is 17.3 Å². The van der Waals surface area contributed by atoms with Crippen LogP contribution >= 0.6 is 0 Å². The van der Waals surface area contributed by atoms with Gasteiger partial charge in [-0.15, -0.1) is 5.10 Å². The average Bonchev–Trinajstić information content (AvgIpc) is 3.59. The largest absolute Gasteiger partial charge is 0.504 e. The Balaban J connectivity index is 1.43. The predicted octanol–water partition coefficient (Wildman–Crippen LogP) is 1.27. The van der Waals surface area contributed by atoms with Gasteiger partial charge in [-0.2, -0.15) is 9.78 Å². The summed E-state index contributed by atoms with van der Waals surface area (Å²) in [5.74, 6) is -0.274. The SMILES string of the molecule is COc1cccc(C=NNC(=O)c2nnn(-c3nonc3N)c2CN2CCc3ccccc32)c1O. The highest BCUT2D eigenvalue weighted by molar-refractivity contribution is 5.94. The van der Waals surface area contributed by atoms with Crippen molar-refractivity contribution >= 4 is 23.6 Å². The number of phenols is 1. The molecule has 1 aliphatic rings. The minimum atomic E-state index is -0.604. The highest BCUT2D eigenvalue weighted by Crippen LogP contribution is 2.30. The Morgan fingerprint density at radius 2 is 2.14 bits per heavy atom. The normalized spacial score (nSPS) is 12.8. The van der Waals surface area contributed by atoms with Gasteiger partial charge in [-0.1, -0.05) is 29.5 Å². The summed E-state index contributed by atoms with van der Waals surface area (Å²) in [4.78, 5) is 15.1. The van der Waals surface area contributed by atoms with Crippen LogP contribution in [0.4, 0.5) is 11.5 Å². The molecule has 0 radical (unpaired) electrons. The Hall–Kier alpha value is -4.94. The molecule has 1 amide bonds. The summed E-state index contributed by atoms with van der Waals surface area (Å²) in [6.07, 6.45) is 2.18. The van der Waals surface area contributed by atoms with Crippen LogP contribution in [0.2, 0.25) is 0 Å². The number of nitrogen functional groups attached to an aromatic ring is 1. The van der Waals surface area contributed by atoms with Crippen LogP contribution in [0.5, 0.6) is 11.5 Å². The maximum absolute atomic E-state index is 13.0. The lowest BCUT2D eigenvalue weighted by molar-refractivity contribution is 0.0949. The van der Waals surface area contributed by atoms with Crippen LogP contribution < -0.4 is 20.8 Å². The zero-order valence-corrected chi connectivity index (χ0v) is 18.6. The number of methoxy groups -OCH3 is 1. The van der Waals surface area contributed by atoms with E-state index in [-0.39, 0.29) is 28.8 Å². The molecule has 4 aromatic rings. The molecule has 0 saturated carbocycles. The molecule has 35 heavy (non-hydrogen) atoms. The third-order valence-electron chi connectivity index (χ3n) is 5.62. The number of carbonyl (C=O) groups is 1. The lowest BCUT2D eigenvalue weighted by atomic mass is 10.2. The summed E-state index contributed by atoms with van der Waals surface area (Å²) in [5.41, 5.74) is 11.4. The first-order valence-electron chi connectivity index (χ1n) is 10.6. The standard InChI is InChI=1S/C22H21N9O4/c1-34-17-8-4-6-14(19(17)32)11-24-26-22(33)18-16(31(29-25-18)21-20(23)27-35-28-21)12-30-10-9-13-5-2-3-7-15(13)30/h2-8,11,32H,9-10,12H2,1H3,(H2,23,27)(H,26,33). The molecule has 13 heteroatoms. The van der Waals surface area contributed by atoms with E-state index in [1.165, 1.54) is 23.6 Å². The second kappa shape index (κ2) is 9.13. The van der Waals surface area contributed by atoms with Crippen LogP contribution in [0.25, 0.3) is 5.82 Å². The number of anilines is 2. The number of aromatic nitrogens is 5. The minimum absolute atomic E-state index is 0.0106. The molecule has 2 aromatic heterocycles. The highest BCUT2D eigenvalue weighted by Gasteiger charge is 2.28. The zero-order valence-electron chi connectivity index (χ0n) is 18.6. The summed E-state index contributed by atoms with van der Waals surface area (Å²) in [6, 6.07) is 13.0. The Bertz CT molecular complexity index is 1410. The van der Waals surface area contributed by atoms with Crippen LogP contribution in [-0.2, 0) is 13.0 Å². The first kappa shape index (κ1) is 21.9. The van der Waals surface area contributed by atoms with E-state index < -0.39 is 5.91 Å². The summed E-state index contributed by atoms with van der Waals surface area (Å²) in [7, 11) is 1.44. The first-order chi connectivity index (χ1) is 17.1. The van der Waals surface area contributed by atoms with Gasteiger partial charge in [-0.25, -0.2) is 10.1 Å². The molecule has 178 valence electrons. The van der Waals surface area contributed by atoms with E-state index in [2.05, 4.69) is 42.1 Å². The third kappa shape index (κ3) is 4.10. The fourth-order valence-electron chi connectivity index (χ4n) is 3.90. The van der Waals surface area contributed by atoms with Crippen molar-refractivity contribution in [1.29, 1.82) is 0 Å². The summed E-state index contributed by atoms with van der Waals surface area (Å²) < 4.78 is 11.1. The van der Waals surface area contributed by atoms with E-state index in [9.17, 15) is 9.90 Å². The van der Waals surface area contributed by atoms with Crippen molar-refractivity contribution < 1.29 is 19.3 Å². The van der Waals surface area contributed by atoms with Gasteiger partial charge in [0.1, 0.15) is 0 Å². The molecule has 0 saturated heterocycles. The molecule has 4 N–H and O–H groups in total. The van der Waals surface area contributed by atoms with Crippen molar-refractivity contribution in [2.45, 2.75) is 13.0 Å². The maximum atomic E-state index is 13.0. The second-order valence-corrected chi connectivity index (χ2v) is 7.67. The Morgan fingerprint density at radius 1 is 1.29 bits per heavy atom. The molecule has 0 unspecified atom stereocenters. The van der Waals surface area contributed by atoms with Crippen molar-refractivity contribution in [2.75, 3.05) is 24.3 Å². The fraction of sp³-hybridized carbons (Fsp3) is 0.182. The van der Waals surface area contributed by atoms with Crippen molar-refractivity contribution in [3.63, 3.8) is 0 Å². The van der Waals surface area contributed by atoms with Gasteiger partial charge < -0.3 is 20.5 Å². The topological polar surface area (TPSA) is 170 Å². The number of hydrogen-bond acceptors (Lipinski definition) is 11. The number of amides is 1. The fourth-order valence-corrected chi connectivity index (χ4v) is 3.90. The average molecular weight is 475 g/mol. The van der Waals surface area contributed by atoms with Gasteiger partial charge in [0.05, 0.1) is 25.6 Å². The summed E-state index contributed by atoms with van der Waals surface area (Å²) in [6.45, 7) is 1.06. The Labute approximate surface area is 198 Å². The van der Waals surface area contributed by atoms with E-state index >= 15 is 0 Å². The number of nitrogens with one attached hydrogen (secondary N) is 1. The third-order valence-corrected chi connectivity index (χ3v) is 5.62. The number of nitrogens with two attached hydrogens (primary N) is 1. The van der Waals surface area contributed by atoms with Crippen molar-refractivity contribution in [2.24, 2.45) is 5.10 Å². The molecule has 1 aliphatic heterocycles. The van der Waals surface area contributed by atoms with E-state index in [4.69, 9.17) is 15.1 Å². The molecule has 2 aromatic carbocycles. The monoisotopic (exact) mass is 475 g/mol. The van der Waals surface area contributed by atoms with Crippen LogP contribution in [-0.4, -0.2) is 56.2 Å². The Kier molecular flexibility index (Phi) is 5.71. The number of nitrogens with zero attached hydrogens (tertiary/aromatic N) is 7. The van der Waals surface area contributed by atoms with E-state index in [0.717, 1.165) is 18.7 Å². The molecular weight excluding hydrogens is 454 g/mol. The highest BCUT2D eigenvalue weighted by atomic mass is 16.6. The molecule has 0 bridgehead atoms. The maximum Gasteiger partial charge on any atom is 0.293 e. The van der Waals surface area contributed by atoms with Crippen LogP contribution in [0.15, 0.2) is 52.2 Å². The zero-order chi connectivity index (χ0) is 24.4.